The van der Waals surface area contributed by atoms with E-state index in [0.29, 0.717) is 30.3 Å². The number of carbonyl (C=O) groups is 1. The number of piperidine rings is 1. The predicted octanol–water partition coefficient (Wildman–Crippen LogP) is 4.33. The molecule has 5 rings (SSSR count). The van der Waals surface area contributed by atoms with Crippen LogP contribution >= 0.6 is 11.6 Å². The highest BCUT2D eigenvalue weighted by Gasteiger charge is 2.44. The maximum absolute atomic E-state index is 13.2. The number of furan rings is 1. The van der Waals surface area contributed by atoms with Crippen molar-refractivity contribution in [3.8, 4) is 0 Å². The van der Waals surface area contributed by atoms with E-state index in [0.717, 1.165) is 31.4 Å². The van der Waals surface area contributed by atoms with Crippen molar-refractivity contribution < 1.29 is 13.9 Å². The molecule has 29 heavy (non-hydrogen) atoms. The maximum Gasteiger partial charge on any atom is 0.290 e. The summed E-state index contributed by atoms with van der Waals surface area (Å²) in [6.45, 7) is 2.60. The van der Waals surface area contributed by atoms with Crippen molar-refractivity contribution in [3.63, 3.8) is 0 Å². The molecule has 150 valence electrons. The van der Waals surface area contributed by atoms with Gasteiger partial charge in [-0.05, 0) is 61.3 Å². The van der Waals surface area contributed by atoms with Crippen molar-refractivity contribution >= 4 is 29.9 Å². The second-order valence-corrected chi connectivity index (χ2v) is 8.90. The Morgan fingerprint density at radius 1 is 1.17 bits per heavy atom. The van der Waals surface area contributed by atoms with E-state index in [1.165, 1.54) is 11.1 Å². The van der Waals surface area contributed by atoms with Gasteiger partial charge in [-0.1, -0.05) is 34.5 Å². The van der Waals surface area contributed by atoms with E-state index in [2.05, 4.69) is 41.2 Å². The Kier molecular flexibility index (Phi) is 4.78. The molecule has 0 saturated carbocycles. The molecule has 6 heteroatoms. The fourth-order valence-electron chi connectivity index (χ4n) is 4.97. The highest BCUT2D eigenvalue weighted by Crippen LogP contribution is 2.43. The summed E-state index contributed by atoms with van der Waals surface area (Å²) < 4.78 is 7.61. The van der Waals surface area contributed by atoms with E-state index in [1.807, 2.05) is 12.3 Å². The van der Waals surface area contributed by atoms with Gasteiger partial charge >= 0.3 is 0 Å². The SMILES string of the molecule is Cc1ccc(C2C[C@H]3CC[C@@H](C2)N3C(=O)c2ccc(C[N+]3=CC(Cl)C=N3)o2)cc1. The molecule has 0 N–H and O–H groups in total. The van der Waals surface area contributed by atoms with Crippen LogP contribution in [0.1, 0.15) is 59.0 Å². The zero-order valence-corrected chi connectivity index (χ0v) is 17.3. The number of amides is 1. The van der Waals surface area contributed by atoms with Crippen LogP contribution in [-0.2, 0) is 6.54 Å². The molecule has 2 aromatic rings. The Labute approximate surface area is 175 Å². The van der Waals surface area contributed by atoms with Crippen molar-refractivity contribution in [1.29, 1.82) is 0 Å². The van der Waals surface area contributed by atoms with Gasteiger partial charge in [-0.15, -0.1) is 11.6 Å². The van der Waals surface area contributed by atoms with Crippen LogP contribution in [0, 0.1) is 6.92 Å². The van der Waals surface area contributed by atoms with Gasteiger partial charge in [0.1, 0.15) is 0 Å². The number of rotatable bonds is 4. The van der Waals surface area contributed by atoms with Crippen LogP contribution < -0.4 is 0 Å². The average molecular weight is 411 g/mol. The van der Waals surface area contributed by atoms with Gasteiger partial charge in [0.25, 0.3) is 5.91 Å². The van der Waals surface area contributed by atoms with Crippen LogP contribution in [0.3, 0.4) is 0 Å². The van der Waals surface area contributed by atoms with E-state index in [4.69, 9.17) is 16.0 Å². The second-order valence-electron chi connectivity index (χ2n) is 8.40. The van der Waals surface area contributed by atoms with Crippen LogP contribution in [0.15, 0.2) is 45.9 Å². The van der Waals surface area contributed by atoms with Gasteiger partial charge in [0.2, 0.25) is 6.54 Å². The predicted molar refractivity (Wildman–Crippen MR) is 113 cm³/mol. The molecular weight excluding hydrogens is 386 g/mol. The van der Waals surface area contributed by atoms with Crippen molar-refractivity contribution in [3.05, 3.63) is 59.0 Å². The largest absolute Gasteiger partial charge is 0.449 e. The average Bonchev–Trinajstić information content (AvgIpc) is 3.41. The molecule has 2 bridgehead atoms. The number of hydrazone groups is 1. The molecule has 0 radical (unpaired) electrons. The van der Waals surface area contributed by atoms with E-state index >= 15 is 0 Å². The lowest BCUT2D eigenvalue weighted by molar-refractivity contribution is -0.544. The van der Waals surface area contributed by atoms with Gasteiger partial charge in [-0.25, -0.2) is 0 Å². The molecule has 2 saturated heterocycles. The molecule has 3 aliphatic heterocycles. The molecule has 1 amide bonds. The van der Waals surface area contributed by atoms with Crippen LogP contribution in [0.25, 0.3) is 0 Å². The monoisotopic (exact) mass is 410 g/mol. The number of halogens is 1. The summed E-state index contributed by atoms with van der Waals surface area (Å²) in [4.78, 5) is 15.3. The molecule has 1 aromatic heterocycles. The molecule has 1 aromatic carbocycles. The molecule has 4 heterocycles. The molecule has 5 nitrogen and oxygen atoms in total. The fraction of sp³-hybridized carbons (Fsp3) is 0.435. The second kappa shape index (κ2) is 7.45. The summed E-state index contributed by atoms with van der Waals surface area (Å²) in [7, 11) is 0. The van der Waals surface area contributed by atoms with Crippen LogP contribution in [-0.4, -0.2) is 45.4 Å². The number of hydrogen-bond donors (Lipinski definition) is 0. The summed E-state index contributed by atoms with van der Waals surface area (Å²) in [6, 6.07) is 13.1. The first-order valence-corrected chi connectivity index (χ1v) is 10.8. The first kappa shape index (κ1) is 18.6. The van der Waals surface area contributed by atoms with Gasteiger partial charge in [-0.2, -0.15) is 0 Å². The minimum atomic E-state index is -0.184. The Hall–Kier alpha value is -2.40. The molecule has 0 spiro atoms. The Bertz CT molecular complexity index is 964. The first-order valence-electron chi connectivity index (χ1n) is 10.3. The summed E-state index contributed by atoms with van der Waals surface area (Å²) >= 11 is 6.00. The van der Waals surface area contributed by atoms with Gasteiger partial charge < -0.3 is 9.32 Å². The Morgan fingerprint density at radius 2 is 1.90 bits per heavy atom. The third kappa shape index (κ3) is 3.64. The van der Waals surface area contributed by atoms with Crippen molar-refractivity contribution in [1.82, 2.24) is 4.90 Å². The molecule has 3 aliphatic rings. The lowest BCUT2D eigenvalue weighted by Gasteiger charge is -2.38. The first-order chi connectivity index (χ1) is 14.1. The minimum Gasteiger partial charge on any atom is -0.449 e. The number of fused-ring (bicyclic) bond motifs is 2. The zero-order chi connectivity index (χ0) is 20.0. The van der Waals surface area contributed by atoms with Crippen LogP contribution in [0.2, 0.25) is 0 Å². The number of nitrogens with zero attached hydrogens (tertiary/aromatic N) is 3. The topological polar surface area (TPSA) is 48.8 Å². The molecule has 0 aliphatic carbocycles. The number of benzene rings is 1. The number of carbonyl (C=O) groups excluding carboxylic acids is 1. The van der Waals surface area contributed by atoms with E-state index in [-0.39, 0.29) is 11.3 Å². The zero-order valence-electron chi connectivity index (χ0n) is 16.5. The van der Waals surface area contributed by atoms with Gasteiger partial charge in [0.05, 0.1) is 6.21 Å². The van der Waals surface area contributed by atoms with E-state index in [1.54, 1.807) is 17.0 Å². The summed E-state index contributed by atoms with van der Waals surface area (Å²) in [5, 5.41) is 4.01. The van der Waals surface area contributed by atoms with Crippen molar-refractivity contribution in [2.75, 3.05) is 0 Å². The maximum atomic E-state index is 13.2. The molecule has 4 atom stereocenters. The van der Waals surface area contributed by atoms with Crippen LogP contribution in [0.4, 0.5) is 0 Å². The third-order valence-electron chi connectivity index (χ3n) is 6.38. The summed E-state index contributed by atoms with van der Waals surface area (Å²) in [5.41, 5.74) is 2.69. The van der Waals surface area contributed by atoms with E-state index < -0.39 is 0 Å². The normalized spacial score (nSPS) is 28.1. The third-order valence-corrected chi connectivity index (χ3v) is 6.60. The lowest BCUT2D eigenvalue weighted by atomic mass is 9.84. The highest BCUT2D eigenvalue weighted by atomic mass is 35.5. The minimum absolute atomic E-state index is 0.0234. The summed E-state index contributed by atoms with van der Waals surface area (Å²) in [6.07, 6.45) is 7.73. The molecular formula is C23H25ClN3O2+. The van der Waals surface area contributed by atoms with Gasteiger partial charge in [0, 0.05) is 12.1 Å². The standard InChI is InChI=1S/C23H25ClN3O2/c1-15-2-4-16(5-3-15)17-10-19-6-7-20(11-17)27(19)23(28)22-9-8-21(29-22)14-26-13-18(24)12-25-26/h2-5,8-9,12-13,17-20H,6-7,10-11,14H2,1H3/q+1/t17?,18?,19-,20+. The Morgan fingerprint density at radius 3 is 2.55 bits per heavy atom. The van der Waals surface area contributed by atoms with Crippen molar-refractivity contribution in [2.45, 2.75) is 62.5 Å². The van der Waals surface area contributed by atoms with Crippen LogP contribution in [0.5, 0.6) is 0 Å². The fourth-order valence-corrected chi connectivity index (χ4v) is 5.15. The van der Waals surface area contributed by atoms with Crippen molar-refractivity contribution in [2.24, 2.45) is 5.10 Å². The highest BCUT2D eigenvalue weighted by molar-refractivity contribution is 6.36. The number of hydrogen-bond acceptors (Lipinski definition) is 3. The quantitative estimate of drug-likeness (QED) is 0.556. The van der Waals surface area contributed by atoms with Gasteiger partial charge in [-0.3, -0.25) is 4.79 Å². The van der Waals surface area contributed by atoms with Gasteiger partial charge in [0.15, 0.2) is 23.1 Å². The number of alkyl halides is 1. The summed E-state index contributed by atoms with van der Waals surface area (Å²) in [5.74, 6) is 1.71. The number of aryl methyl sites for hydroxylation is 1. The lowest BCUT2D eigenvalue weighted by Crippen LogP contribution is -2.45. The molecule has 2 unspecified atom stereocenters. The smallest absolute Gasteiger partial charge is 0.290 e. The Balaban J connectivity index is 1.28. The molecule has 2 fully saturated rings. The van der Waals surface area contributed by atoms with E-state index in [9.17, 15) is 4.79 Å².